The number of hydrogen-bond acceptors (Lipinski definition) is 8. The van der Waals surface area contributed by atoms with E-state index in [-0.39, 0.29) is 0 Å². The molecule has 2 heterocycles. The van der Waals surface area contributed by atoms with E-state index in [0.717, 1.165) is 18.7 Å². The van der Waals surface area contributed by atoms with Gasteiger partial charge in [0.05, 0.1) is 0 Å². The molecule has 0 radical (unpaired) electrons. The zero-order chi connectivity index (χ0) is 18.7. The van der Waals surface area contributed by atoms with Gasteiger partial charge in [0.1, 0.15) is 0 Å². The van der Waals surface area contributed by atoms with Crippen molar-refractivity contribution in [2.75, 3.05) is 0 Å². The van der Waals surface area contributed by atoms with Crippen molar-refractivity contribution >= 4 is 63.3 Å². The standard InChI is InChI=1S/2C6H5.2C3H4N2S2.Sn/c2*1-2-4-6-5-3-1;2*1-2-4-5-3(6)7-2;/h2*1-5H;2*1H3,(H,5,6);/q;;;;+2/p-2. The van der Waals surface area contributed by atoms with Gasteiger partial charge in [0.15, 0.2) is 0 Å². The first-order chi connectivity index (χ1) is 13.2. The number of benzene rings is 2. The zero-order valence-electron chi connectivity index (χ0n) is 14.7. The van der Waals surface area contributed by atoms with E-state index in [0.29, 0.717) is 0 Å². The molecule has 0 unspecified atom stereocenters. The fourth-order valence-corrected chi connectivity index (χ4v) is 36.5. The molecule has 0 N–H and O–H groups in total. The van der Waals surface area contributed by atoms with Crippen LogP contribution >= 0.6 is 40.6 Å². The van der Waals surface area contributed by atoms with Crippen molar-refractivity contribution in [1.29, 1.82) is 0 Å². The van der Waals surface area contributed by atoms with Gasteiger partial charge in [0.25, 0.3) is 0 Å². The Bertz CT molecular complexity index is 936. The van der Waals surface area contributed by atoms with E-state index < -0.39 is 15.6 Å². The summed E-state index contributed by atoms with van der Waals surface area (Å²) in [6, 6.07) is 21.7. The summed E-state index contributed by atoms with van der Waals surface area (Å²) in [6.07, 6.45) is 0. The molecule has 2 aromatic carbocycles. The van der Waals surface area contributed by atoms with E-state index in [2.05, 4.69) is 81.1 Å². The first kappa shape index (κ1) is 19.4. The Morgan fingerprint density at radius 2 is 1.04 bits per heavy atom. The first-order valence-corrected chi connectivity index (χ1v) is 21.4. The molecule has 0 bridgehead atoms. The summed E-state index contributed by atoms with van der Waals surface area (Å²) in [5.74, 6) is 0. The number of nitrogens with zero attached hydrogens (tertiary/aromatic N) is 4. The molecule has 0 spiro atoms. The second kappa shape index (κ2) is 8.60. The quantitative estimate of drug-likeness (QED) is 0.346. The summed E-state index contributed by atoms with van der Waals surface area (Å²) in [4.78, 5) is 0. The Hall–Kier alpha value is -0.941. The molecule has 0 aliphatic carbocycles. The van der Waals surface area contributed by atoms with Gasteiger partial charge >= 0.3 is 177 Å². The third-order valence-corrected chi connectivity index (χ3v) is 33.8. The average molecular weight is 535 g/mol. The van der Waals surface area contributed by atoms with Gasteiger partial charge in [0.2, 0.25) is 0 Å². The summed E-state index contributed by atoms with van der Waals surface area (Å²) < 4.78 is 4.86. The third kappa shape index (κ3) is 4.40. The fraction of sp³-hybridized carbons (Fsp3) is 0.111. The summed E-state index contributed by atoms with van der Waals surface area (Å²) in [6.45, 7) is 4.01. The van der Waals surface area contributed by atoms with E-state index in [1.807, 2.05) is 31.7 Å². The third-order valence-electron chi connectivity index (χ3n) is 3.78. The molecule has 0 atom stereocenters. The average Bonchev–Trinajstić information content (AvgIpc) is 3.30. The molecule has 0 amide bonds. The predicted molar refractivity (Wildman–Crippen MR) is 119 cm³/mol. The van der Waals surface area contributed by atoms with Crippen LogP contribution in [-0.2, 0) is 0 Å². The Kier molecular flexibility index (Phi) is 6.18. The topological polar surface area (TPSA) is 51.6 Å². The molecule has 0 aliphatic heterocycles. The number of aromatic nitrogens is 4. The summed E-state index contributed by atoms with van der Waals surface area (Å²) in [5, 5.41) is 19.4. The molecule has 0 fully saturated rings. The predicted octanol–water partition coefficient (Wildman–Crippen LogP) is 4.15. The van der Waals surface area contributed by atoms with Crippen LogP contribution in [0.3, 0.4) is 0 Å². The maximum atomic E-state index is 4.44. The molecule has 4 aromatic rings. The van der Waals surface area contributed by atoms with Crippen molar-refractivity contribution in [3.05, 3.63) is 70.7 Å². The minimum atomic E-state index is -3.34. The summed E-state index contributed by atoms with van der Waals surface area (Å²) in [5.41, 5.74) is 0. The molecule has 0 saturated carbocycles. The van der Waals surface area contributed by atoms with Crippen LogP contribution in [0.1, 0.15) is 10.0 Å². The minimum absolute atomic E-state index is 0.996. The number of aryl methyl sites for hydroxylation is 2. The van der Waals surface area contributed by atoms with Gasteiger partial charge in [-0.05, 0) is 0 Å². The fourth-order valence-electron chi connectivity index (χ4n) is 2.62. The molecule has 136 valence electrons. The van der Waals surface area contributed by atoms with Crippen molar-refractivity contribution in [3.8, 4) is 0 Å². The molecule has 4 nitrogen and oxygen atoms in total. The molecule has 27 heavy (non-hydrogen) atoms. The van der Waals surface area contributed by atoms with Gasteiger partial charge in [-0.3, -0.25) is 0 Å². The maximum absolute atomic E-state index is 4.44. The van der Waals surface area contributed by atoms with Gasteiger partial charge in [-0.25, -0.2) is 0 Å². The Morgan fingerprint density at radius 3 is 1.37 bits per heavy atom. The molecule has 0 aliphatic rings. The molecular formula is C18H16N4S4Sn. The number of hydrogen-bond donors (Lipinski definition) is 0. The van der Waals surface area contributed by atoms with Gasteiger partial charge in [-0.15, -0.1) is 0 Å². The van der Waals surface area contributed by atoms with E-state index in [1.165, 1.54) is 7.16 Å². The summed E-state index contributed by atoms with van der Waals surface area (Å²) >= 11 is -0.00439. The van der Waals surface area contributed by atoms with E-state index in [9.17, 15) is 0 Å². The second-order valence-electron chi connectivity index (χ2n) is 5.73. The van der Waals surface area contributed by atoms with Crippen LogP contribution in [0, 0.1) is 13.8 Å². The van der Waals surface area contributed by atoms with Crippen LogP contribution in [0.4, 0.5) is 0 Å². The first-order valence-electron chi connectivity index (χ1n) is 8.25. The SMILES string of the molecule is Cc1nnc([S][Sn]([S]c2nnc(C)s2)([c]2ccccc2)[c]2ccccc2)s1. The Labute approximate surface area is 175 Å². The van der Waals surface area contributed by atoms with Crippen molar-refractivity contribution in [1.82, 2.24) is 20.4 Å². The second-order valence-corrected chi connectivity index (χ2v) is 30.0. The molecule has 0 saturated heterocycles. The Balaban J connectivity index is 1.89. The Morgan fingerprint density at radius 1 is 0.630 bits per heavy atom. The zero-order valence-corrected chi connectivity index (χ0v) is 20.8. The van der Waals surface area contributed by atoms with E-state index in [1.54, 1.807) is 22.7 Å². The molecular weight excluding hydrogens is 519 g/mol. The van der Waals surface area contributed by atoms with Crippen LogP contribution in [0.2, 0.25) is 0 Å². The van der Waals surface area contributed by atoms with Crippen molar-refractivity contribution in [3.63, 3.8) is 0 Å². The monoisotopic (exact) mass is 536 g/mol. The van der Waals surface area contributed by atoms with E-state index in [4.69, 9.17) is 0 Å². The van der Waals surface area contributed by atoms with E-state index >= 15 is 0 Å². The summed E-state index contributed by atoms with van der Waals surface area (Å²) in [7, 11) is 3.85. The van der Waals surface area contributed by atoms with Crippen LogP contribution < -0.4 is 7.16 Å². The normalized spacial score (nSPS) is 11.6. The van der Waals surface area contributed by atoms with Gasteiger partial charge in [-0.2, -0.15) is 0 Å². The van der Waals surface area contributed by atoms with Gasteiger partial charge in [-0.1, -0.05) is 0 Å². The van der Waals surface area contributed by atoms with Crippen LogP contribution in [0.5, 0.6) is 0 Å². The molecule has 2 aromatic heterocycles. The van der Waals surface area contributed by atoms with Gasteiger partial charge in [0, 0.05) is 0 Å². The van der Waals surface area contributed by atoms with Crippen molar-refractivity contribution in [2.45, 2.75) is 22.5 Å². The van der Waals surface area contributed by atoms with Crippen molar-refractivity contribution < 1.29 is 0 Å². The van der Waals surface area contributed by atoms with Crippen molar-refractivity contribution in [2.24, 2.45) is 0 Å². The van der Waals surface area contributed by atoms with Gasteiger partial charge < -0.3 is 0 Å². The van der Waals surface area contributed by atoms with Crippen LogP contribution in [0.15, 0.2) is 69.3 Å². The molecule has 9 heteroatoms. The van der Waals surface area contributed by atoms with Crippen LogP contribution in [0.25, 0.3) is 0 Å². The molecule has 4 rings (SSSR count). The van der Waals surface area contributed by atoms with Crippen LogP contribution in [-0.4, -0.2) is 36.0 Å². The number of rotatable bonds is 6.